The second-order valence-electron chi connectivity index (χ2n) is 10.2. The lowest BCUT2D eigenvalue weighted by Crippen LogP contribution is -2.60. The molecule has 0 spiro atoms. The number of hydrogen-bond acceptors (Lipinski definition) is 12. The molecule has 0 aromatic carbocycles. The van der Waals surface area contributed by atoms with Crippen LogP contribution < -0.4 is 0 Å². The number of rotatable bonds is 7. The van der Waals surface area contributed by atoms with Crippen LogP contribution in [0.4, 0.5) is 0 Å². The van der Waals surface area contributed by atoms with Crippen LogP contribution in [-0.2, 0) is 48.1 Å². The number of esters is 4. The lowest BCUT2D eigenvalue weighted by molar-refractivity contribution is -0.270. The van der Waals surface area contributed by atoms with Gasteiger partial charge in [-0.25, -0.2) is 4.68 Å². The Labute approximate surface area is 219 Å². The standard InChI is InChI=1S/C24H33N4O10/c1-12(29)34-11-18-19(35-13(2)30)20(36-14(3)31)21(37-15(4)32)22(38-18)27-10-17(25-26-27)16-9-23(5,6)28(33)24(16,7)8/h9-10,18-22H,11H2,1-8H3/t18-,19-,20+,21-,22-/m1/s1. The van der Waals surface area contributed by atoms with Gasteiger partial charge in [0.2, 0.25) is 0 Å². The van der Waals surface area contributed by atoms with E-state index in [4.69, 9.17) is 23.7 Å². The van der Waals surface area contributed by atoms with Crippen molar-refractivity contribution in [2.24, 2.45) is 0 Å². The minimum Gasteiger partial charge on any atom is -0.463 e. The largest absolute Gasteiger partial charge is 0.463 e. The first-order valence-electron chi connectivity index (χ1n) is 12.0. The van der Waals surface area contributed by atoms with E-state index >= 15 is 0 Å². The van der Waals surface area contributed by atoms with Crippen LogP contribution in [0, 0.1) is 0 Å². The summed E-state index contributed by atoms with van der Waals surface area (Å²) in [5.41, 5.74) is -0.730. The van der Waals surface area contributed by atoms with Gasteiger partial charge < -0.3 is 23.7 Å². The third-order valence-electron chi connectivity index (χ3n) is 6.20. The molecule has 209 valence electrons. The lowest BCUT2D eigenvalue weighted by atomic mass is 9.94. The van der Waals surface area contributed by atoms with Crippen molar-refractivity contribution in [1.82, 2.24) is 20.1 Å². The van der Waals surface area contributed by atoms with Crippen molar-refractivity contribution in [3.8, 4) is 0 Å². The molecule has 1 aromatic rings. The topological polar surface area (TPSA) is 168 Å². The maximum Gasteiger partial charge on any atom is 0.303 e. The summed E-state index contributed by atoms with van der Waals surface area (Å²) in [6, 6.07) is 0. The molecule has 1 saturated heterocycles. The molecule has 1 radical (unpaired) electrons. The van der Waals surface area contributed by atoms with Crippen molar-refractivity contribution >= 4 is 29.5 Å². The average Bonchev–Trinajstić information content (AvgIpc) is 3.32. The van der Waals surface area contributed by atoms with Gasteiger partial charge in [0.05, 0.1) is 17.3 Å². The molecular formula is C24H33N4O10. The van der Waals surface area contributed by atoms with Gasteiger partial charge in [-0.15, -0.1) is 15.4 Å². The zero-order chi connectivity index (χ0) is 28.6. The third-order valence-corrected chi connectivity index (χ3v) is 6.20. The van der Waals surface area contributed by atoms with E-state index in [2.05, 4.69) is 10.3 Å². The highest BCUT2D eigenvalue weighted by Gasteiger charge is 2.54. The molecule has 38 heavy (non-hydrogen) atoms. The van der Waals surface area contributed by atoms with E-state index in [9.17, 15) is 24.4 Å². The summed E-state index contributed by atoms with van der Waals surface area (Å²) in [4.78, 5) is 47.5. The molecule has 1 fully saturated rings. The molecule has 0 aliphatic carbocycles. The van der Waals surface area contributed by atoms with Crippen LogP contribution in [-0.4, -0.2) is 86.0 Å². The van der Waals surface area contributed by atoms with Crippen molar-refractivity contribution in [1.29, 1.82) is 0 Å². The number of aromatic nitrogens is 3. The average molecular weight is 538 g/mol. The molecule has 0 amide bonds. The van der Waals surface area contributed by atoms with Crippen molar-refractivity contribution in [2.75, 3.05) is 6.61 Å². The number of carbonyl (C=O) groups is 4. The zero-order valence-corrected chi connectivity index (χ0v) is 22.6. The molecule has 0 unspecified atom stereocenters. The first-order chi connectivity index (χ1) is 17.5. The lowest BCUT2D eigenvalue weighted by Gasteiger charge is -2.44. The highest BCUT2D eigenvalue weighted by molar-refractivity contribution is 5.73. The maximum absolute atomic E-state index is 12.9. The second-order valence-corrected chi connectivity index (χ2v) is 10.2. The Morgan fingerprint density at radius 2 is 1.45 bits per heavy atom. The first kappa shape index (κ1) is 29.2. The predicted octanol–water partition coefficient (Wildman–Crippen LogP) is 1.14. The molecule has 0 bridgehead atoms. The van der Waals surface area contributed by atoms with Crippen molar-refractivity contribution in [3.05, 3.63) is 18.0 Å². The number of hydroxylamine groups is 2. The second kappa shape index (κ2) is 10.8. The van der Waals surface area contributed by atoms with Crippen LogP contribution in [0.2, 0.25) is 0 Å². The van der Waals surface area contributed by atoms with Gasteiger partial charge in [0.1, 0.15) is 18.4 Å². The van der Waals surface area contributed by atoms with Gasteiger partial charge in [0, 0.05) is 33.3 Å². The molecule has 2 aliphatic rings. The Hall–Kier alpha value is -3.36. The van der Waals surface area contributed by atoms with E-state index in [0.29, 0.717) is 11.3 Å². The Morgan fingerprint density at radius 3 is 1.95 bits per heavy atom. The Bertz CT molecular complexity index is 1130. The van der Waals surface area contributed by atoms with Gasteiger partial charge in [0.15, 0.2) is 24.5 Å². The van der Waals surface area contributed by atoms with E-state index in [-0.39, 0.29) is 6.61 Å². The van der Waals surface area contributed by atoms with E-state index in [0.717, 1.165) is 25.8 Å². The molecule has 1 aromatic heterocycles. The molecule has 0 saturated carbocycles. The molecule has 3 rings (SSSR count). The van der Waals surface area contributed by atoms with E-state index in [1.54, 1.807) is 33.8 Å². The van der Waals surface area contributed by atoms with Crippen LogP contribution >= 0.6 is 0 Å². The van der Waals surface area contributed by atoms with Crippen LogP contribution in [0.25, 0.3) is 5.57 Å². The quantitative estimate of drug-likeness (QED) is 0.360. The van der Waals surface area contributed by atoms with Crippen molar-refractivity contribution < 1.29 is 48.1 Å². The smallest absolute Gasteiger partial charge is 0.303 e. The van der Waals surface area contributed by atoms with Crippen LogP contribution in [0.1, 0.15) is 67.3 Å². The summed E-state index contributed by atoms with van der Waals surface area (Å²) in [6.45, 7) is 11.3. The first-order valence-corrected chi connectivity index (χ1v) is 12.0. The Kier molecular flexibility index (Phi) is 8.29. The SMILES string of the molecule is CC(=O)OC[C@H]1O[C@@H](n2cc(C3=CC(C)(C)N([O])C3(C)C)nn2)[C@H](OC(C)=O)[C@@H](OC(C)=O)[C@@H]1OC(C)=O. The van der Waals surface area contributed by atoms with Crippen LogP contribution in [0.15, 0.2) is 12.3 Å². The van der Waals surface area contributed by atoms with E-state index in [1.807, 2.05) is 0 Å². The van der Waals surface area contributed by atoms with Gasteiger partial charge in [-0.2, -0.15) is 0 Å². The van der Waals surface area contributed by atoms with Crippen molar-refractivity contribution in [3.63, 3.8) is 0 Å². The summed E-state index contributed by atoms with van der Waals surface area (Å²) < 4.78 is 28.8. The van der Waals surface area contributed by atoms with Crippen molar-refractivity contribution in [2.45, 2.75) is 97.1 Å². The van der Waals surface area contributed by atoms with Gasteiger partial charge in [-0.05, 0) is 27.7 Å². The van der Waals surface area contributed by atoms with Crippen LogP contribution in [0.5, 0.6) is 0 Å². The third kappa shape index (κ3) is 6.03. The fraction of sp³-hybridized carbons (Fsp3) is 0.667. The number of nitrogens with zero attached hydrogens (tertiary/aromatic N) is 4. The summed E-state index contributed by atoms with van der Waals surface area (Å²) in [7, 11) is 0. The maximum atomic E-state index is 12.9. The number of hydrogen-bond donors (Lipinski definition) is 0. The van der Waals surface area contributed by atoms with Gasteiger partial charge in [-0.3, -0.25) is 19.2 Å². The minimum atomic E-state index is -1.34. The van der Waals surface area contributed by atoms with E-state index < -0.39 is 65.6 Å². The molecular weight excluding hydrogens is 504 g/mol. The summed E-state index contributed by atoms with van der Waals surface area (Å²) >= 11 is 0. The molecule has 0 N–H and O–H groups in total. The normalized spacial score (nSPS) is 28.2. The Balaban J connectivity index is 2.07. The fourth-order valence-corrected chi connectivity index (χ4v) is 4.75. The monoisotopic (exact) mass is 537 g/mol. The van der Waals surface area contributed by atoms with E-state index in [1.165, 1.54) is 17.8 Å². The van der Waals surface area contributed by atoms with Crippen LogP contribution in [0.3, 0.4) is 0 Å². The molecule has 14 heteroatoms. The van der Waals surface area contributed by atoms with Gasteiger partial charge >= 0.3 is 23.9 Å². The summed E-state index contributed by atoms with van der Waals surface area (Å²) in [5, 5.41) is 22.2. The summed E-state index contributed by atoms with van der Waals surface area (Å²) in [5.74, 6) is -2.83. The zero-order valence-electron chi connectivity index (χ0n) is 22.6. The minimum absolute atomic E-state index is 0.368. The highest BCUT2D eigenvalue weighted by atomic mass is 16.7. The molecule has 2 aliphatic heterocycles. The van der Waals surface area contributed by atoms with Gasteiger partial charge in [0.25, 0.3) is 0 Å². The summed E-state index contributed by atoms with van der Waals surface area (Å²) in [6.07, 6.45) is -3.03. The predicted molar refractivity (Wildman–Crippen MR) is 126 cm³/mol. The molecule has 14 nitrogen and oxygen atoms in total. The number of carbonyl (C=O) groups excluding carboxylic acids is 4. The molecule has 5 atom stereocenters. The van der Waals surface area contributed by atoms with Gasteiger partial charge in [-0.1, -0.05) is 11.3 Å². The highest BCUT2D eigenvalue weighted by Crippen LogP contribution is 2.43. The molecule has 3 heterocycles. The fourth-order valence-electron chi connectivity index (χ4n) is 4.75. The Morgan fingerprint density at radius 1 is 0.895 bits per heavy atom. The number of ether oxygens (including phenoxy) is 5.